The van der Waals surface area contributed by atoms with Gasteiger partial charge >= 0.3 is 5.97 Å². The van der Waals surface area contributed by atoms with Gasteiger partial charge in [-0.2, -0.15) is 0 Å². The van der Waals surface area contributed by atoms with Crippen LogP contribution in [0.25, 0.3) is 0 Å². The third-order valence-corrected chi connectivity index (χ3v) is 3.12. The van der Waals surface area contributed by atoms with Crippen LogP contribution >= 0.6 is 15.9 Å². The zero-order valence-corrected chi connectivity index (χ0v) is 11.6. The van der Waals surface area contributed by atoms with E-state index in [1.54, 1.807) is 6.07 Å². The van der Waals surface area contributed by atoms with Crippen LogP contribution in [0.2, 0.25) is 0 Å². The molecule has 0 amide bonds. The quantitative estimate of drug-likeness (QED) is 0.798. The van der Waals surface area contributed by atoms with Gasteiger partial charge in [-0.25, -0.2) is 4.79 Å². The van der Waals surface area contributed by atoms with Gasteiger partial charge < -0.3 is 4.74 Å². The molecule has 0 heterocycles. The van der Waals surface area contributed by atoms with E-state index < -0.39 is 0 Å². The molecule has 0 saturated carbocycles. The molecule has 18 heavy (non-hydrogen) atoms. The number of hydrogen-bond acceptors (Lipinski definition) is 2. The molecule has 0 atom stereocenters. The van der Waals surface area contributed by atoms with Gasteiger partial charge in [0.15, 0.2) is 0 Å². The van der Waals surface area contributed by atoms with E-state index in [0.29, 0.717) is 5.56 Å². The molecule has 92 valence electrons. The van der Waals surface area contributed by atoms with Gasteiger partial charge in [-0.15, -0.1) is 0 Å². The Hall–Kier alpha value is -1.61. The number of aryl methyl sites for hydroxylation is 1. The molecule has 0 unspecified atom stereocenters. The topological polar surface area (TPSA) is 26.3 Å². The van der Waals surface area contributed by atoms with E-state index in [1.165, 1.54) is 0 Å². The minimum atomic E-state index is -0.284. The normalized spacial score (nSPS) is 10.1. The van der Waals surface area contributed by atoms with E-state index in [0.717, 1.165) is 15.6 Å². The van der Waals surface area contributed by atoms with Crippen molar-refractivity contribution in [1.82, 2.24) is 0 Å². The van der Waals surface area contributed by atoms with Crippen LogP contribution in [-0.2, 0) is 11.3 Å². The fourth-order valence-electron chi connectivity index (χ4n) is 1.66. The summed E-state index contributed by atoms with van der Waals surface area (Å²) in [6, 6.07) is 15.1. The first-order chi connectivity index (χ1) is 8.66. The summed E-state index contributed by atoms with van der Waals surface area (Å²) in [5.74, 6) is -0.284. The number of carbonyl (C=O) groups is 1. The summed E-state index contributed by atoms with van der Waals surface area (Å²) in [6.07, 6.45) is 0. The summed E-state index contributed by atoms with van der Waals surface area (Å²) in [4.78, 5) is 11.9. The SMILES string of the molecule is Cc1ccccc1C(=O)OCc1cccc(Br)c1. The average Bonchev–Trinajstić information content (AvgIpc) is 2.37. The molecule has 3 heteroatoms. The second kappa shape index (κ2) is 5.83. The fourth-order valence-corrected chi connectivity index (χ4v) is 2.10. The van der Waals surface area contributed by atoms with Gasteiger partial charge in [-0.1, -0.05) is 46.3 Å². The van der Waals surface area contributed by atoms with Crippen LogP contribution in [0.4, 0.5) is 0 Å². The van der Waals surface area contributed by atoms with E-state index in [-0.39, 0.29) is 12.6 Å². The van der Waals surface area contributed by atoms with E-state index in [2.05, 4.69) is 15.9 Å². The van der Waals surface area contributed by atoms with Crippen LogP contribution < -0.4 is 0 Å². The van der Waals surface area contributed by atoms with Gasteiger partial charge in [0.05, 0.1) is 5.56 Å². The standard InChI is InChI=1S/C15H13BrO2/c1-11-5-2-3-8-14(11)15(17)18-10-12-6-4-7-13(16)9-12/h2-9H,10H2,1H3. The maximum Gasteiger partial charge on any atom is 0.338 e. The van der Waals surface area contributed by atoms with Crippen molar-refractivity contribution in [2.45, 2.75) is 13.5 Å². The van der Waals surface area contributed by atoms with Crippen molar-refractivity contribution in [3.63, 3.8) is 0 Å². The Labute approximate surface area is 115 Å². The molecular weight excluding hydrogens is 292 g/mol. The summed E-state index contributed by atoms with van der Waals surface area (Å²) in [5.41, 5.74) is 2.51. The Morgan fingerprint density at radius 1 is 1.17 bits per heavy atom. The zero-order chi connectivity index (χ0) is 13.0. The van der Waals surface area contributed by atoms with Crippen molar-refractivity contribution in [3.05, 3.63) is 69.7 Å². The molecule has 0 aliphatic rings. The number of ether oxygens (including phenoxy) is 1. The Morgan fingerprint density at radius 2 is 1.94 bits per heavy atom. The molecule has 0 aromatic heterocycles. The lowest BCUT2D eigenvalue weighted by Crippen LogP contribution is -2.06. The third kappa shape index (κ3) is 3.20. The number of esters is 1. The molecule has 2 rings (SSSR count). The molecule has 0 aliphatic heterocycles. The van der Waals surface area contributed by atoms with Crippen molar-refractivity contribution >= 4 is 21.9 Å². The van der Waals surface area contributed by atoms with E-state index in [1.807, 2.05) is 49.4 Å². The Kier molecular flexibility index (Phi) is 4.15. The van der Waals surface area contributed by atoms with Crippen molar-refractivity contribution < 1.29 is 9.53 Å². The van der Waals surface area contributed by atoms with Crippen LogP contribution in [-0.4, -0.2) is 5.97 Å². The van der Waals surface area contributed by atoms with Crippen LogP contribution in [0.15, 0.2) is 53.0 Å². The molecular formula is C15H13BrO2. The highest BCUT2D eigenvalue weighted by Gasteiger charge is 2.09. The van der Waals surface area contributed by atoms with Crippen LogP contribution in [0, 0.1) is 6.92 Å². The van der Waals surface area contributed by atoms with Crippen LogP contribution in [0.5, 0.6) is 0 Å². The predicted octanol–water partition coefficient (Wildman–Crippen LogP) is 4.11. The number of rotatable bonds is 3. The Morgan fingerprint density at radius 3 is 2.67 bits per heavy atom. The average molecular weight is 305 g/mol. The number of carbonyl (C=O) groups excluding carboxylic acids is 1. The molecule has 0 saturated heterocycles. The van der Waals surface area contributed by atoms with Gasteiger partial charge in [0.2, 0.25) is 0 Å². The summed E-state index contributed by atoms with van der Waals surface area (Å²) < 4.78 is 6.27. The molecule has 2 aromatic carbocycles. The van der Waals surface area contributed by atoms with Crippen molar-refractivity contribution in [2.75, 3.05) is 0 Å². The molecule has 0 radical (unpaired) electrons. The van der Waals surface area contributed by atoms with Gasteiger partial charge in [-0.3, -0.25) is 0 Å². The monoisotopic (exact) mass is 304 g/mol. The van der Waals surface area contributed by atoms with Crippen LogP contribution in [0.3, 0.4) is 0 Å². The minimum absolute atomic E-state index is 0.284. The number of halogens is 1. The smallest absolute Gasteiger partial charge is 0.338 e. The molecule has 0 spiro atoms. The van der Waals surface area contributed by atoms with Crippen molar-refractivity contribution in [2.24, 2.45) is 0 Å². The lowest BCUT2D eigenvalue weighted by molar-refractivity contribution is 0.0472. The summed E-state index contributed by atoms with van der Waals surface area (Å²) in [6.45, 7) is 2.18. The molecule has 0 fully saturated rings. The Balaban J connectivity index is 2.03. The maximum absolute atomic E-state index is 11.9. The third-order valence-electron chi connectivity index (χ3n) is 2.62. The molecule has 0 aliphatic carbocycles. The summed E-state index contributed by atoms with van der Waals surface area (Å²) >= 11 is 3.39. The van der Waals surface area contributed by atoms with Gasteiger partial charge in [0.25, 0.3) is 0 Å². The first-order valence-electron chi connectivity index (χ1n) is 5.64. The lowest BCUT2D eigenvalue weighted by atomic mass is 10.1. The van der Waals surface area contributed by atoms with Gasteiger partial charge in [-0.05, 0) is 36.2 Å². The summed E-state index contributed by atoms with van der Waals surface area (Å²) in [7, 11) is 0. The maximum atomic E-state index is 11.9. The second-order valence-corrected chi connectivity index (χ2v) is 4.94. The van der Waals surface area contributed by atoms with Crippen molar-refractivity contribution in [1.29, 1.82) is 0 Å². The first-order valence-corrected chi connectivity index (χ1v) is 6.43. The number of benzene rings is 2. The second-order valence-electron chi connectivity index (χ2n) is 4.02. The van der Waals surface area contributed by atoms with E-state index >= 15 is 0 Å². The first kappa shape index (κ1) is 12.8. The summed E-state index contributed by atoms with van der Waals surface area (Å²) in [5, 5.41) is 0. The highest BCUT2D eigenvalue weighted by Crippen LogP contribution is 2.14. The van der Waals surface area contributed by atoms with Crippen LogP contribution in [0.1, 0.15) is 21.5 Å². The van der Waals surface area contributed by atoms with Gasteiger partial charge in [0, 0.05) is 4.47 Å². The molecule has 2 nitrogen and oxygen atoms in total. The fraction of sp³-hybridized carbons (Fsp3) is 0.133. The molecule has 2 aromatic rings. The van der Waals surface area contributed by atoms with Gasteiger partial charge in [0.1, 0.15) is 6.61 Å². The molecule has 0 N–H and O–H groups in total. The predicted molar refractivity (Wildman–Crippen MR) is 74.4 cm³/mol. The molecule has 0 bridgehead atoms. The largest absolute Gasteiger partial charge is 0.457 e. The van der Waals surface area contributed by atoms with E-state index in [9.17, 15) is 4.79 Å². The highest BCUT2D eigenvalue weighted by atomic mass is 79.9. The zero-order valence-electron chi connectivity index (χ0n) is 10.0. The van der Waals surface area contributed by atoms with E-state index in [4.69, 9.17) is 4.74 Å². The number of hydrogen-bond donors (Lipinski definition) is 0. The van der Waals surface area contributed by atoms with Crippen molar-refractivity contribution in [3.8, 4) is 0 Å². The Bertz CT molecular complexity index is 564. The highest BCUT2D eigenvalue weighted by molar-refractivity contribution is 9.10. The minimum Gasteiger partial charge on any atom is -0.457 e. The lowest BCUT2D eigenvalue weighted by Gasteiger charge is -2.07.